The fourth-order valence-electron chi connectivity index (χ4n) is 6.09. The molecular weight excluding hydrogens is 506 g/mol. The Hall–Kier alpha value is -5.75. The minimum atomic E-state index is 0.735. The predicted molar refractivity (Wildman–Crippen MR) is 164 cm³/mol. The Kier molecular flexibility index (Phi) is 4.51. The Morgan fingerprint density at radius 2 is 1.29 bits per heavy atom. The molecule has 41 heavy (non-hydrogen) atoms. The number of nitrogens with zero attached hydrogens (tertiary/aromatic N) is 5. The monoisotopic (exact) mass is 527 g/mol. The first-order valence-electron chi connectivity index (χ1n) is 13.5. The van der Waals surface area contributed by atoms with Crippen LogP contribution in [0.1, 0.15) is 0 Å². The van der Waals surface area contributed by atoms with E-state index in [1.165, 1.54) is 5.39 Å². The molecule has 0 unspecified atom stereocenters. The molecule has 0 saturated carbocycles. The molecule has 6 nitrogen and oxygen atoms in total. The summed E-state index contributed by atoms with van der Waals surface area (Å²) < 4.78 is 10.9. The van der Waals surface area contributed by atoms with E-state index in [-0.39, 0.29) is 0 Å². The van der Waals surface area contributed by atoms with Gasteiger partial charge >= 0.3 is 0 Å². The average Bonchev–Trinajstić information content (AvgIpc) is 3.58. The van der Waals surface area contributed by atoms with Gasteiger partial charge in [0.2, 0.25) is 0 Å². The quantitative estimate of drug-likeness (QED) is 0.216. The number of para-hydroxylation sites is 3. The van der Waals surface area contributed by atoms with Crippen molar-refractivity contribution in [1.82, 2.24) is 23.9 Å². The zero-order valence-electron chi connectivity index (χ0n) is 21.8. The predicted octanol–water partition coefficient (Wildman–Crippen LogP) is 8.47. The molecule has 9 aromatic rings. The summed E-state index contributed by atoms with van der Waals surface area (Å²) in [6.07, 6.45) is 3.68. The second-order valence-electron chi connectivity index (χ2n) is 10.2. The van der Waals surface area contributed by atoms with Gasteiger partial charge in [0.15, 0.2) is 0 Å². The van der Waals surface area contributed by atoms with E-state index in [0.29, 0.717) is 0 Å². The molecule has 0 aliphatic heterocycles. The van der Waals surface area contributed by atoms with Crippen LogP contribution in [0.5, 0.6) is 11.5 Å². The number of pyridine rings is 3. The minimum Gasteiger partial charge on any atom is -0.457 e. The van der Waals surface area contributed by atoms with Gasteiger partial charge < -0.3 is 4.74 Å². The zero-order chi connectivity index (χ0) is 26.9. The summed E-state index contributed by atoms with van der Waals surface area (Å²) in [5, 5.41) is 4.34. The lowest BCUT2D eigenvalue weighted by molar-refractivity contribution is 0.483. The van der Waals surface area contributed by atoms with Gasteiger partial charge in [0.25, 0.3) is 0 Å². The Morgan fingerprint density at radius 3 is 2.27 bits per heavy atom. The lowest BCUT2D eigenvalue weighted by Crippen LogP contribution is -1.96. The van der Waals surface area contributed by atoms with E-state index in [4.69, 9.17) is 19.7 Å². The first-order valence-corrected chi connectivity index (χ1v) is 13.5. The Labute approximate surface area is 233 Å². The minimum absolute atomic E-state index is 0.735. The molecule has 0 atom stereocenters. The molecule has 0 amide bonds. The largest absolute Gasteiger partial charge is 0.457 e. The molecule has 0 aliphatic rings. The van der Waals surface area contributed by atoms with Crippen molar-refractivity contribution in [3.8, 4) is 17.2 Å². The number of aromatic nitrogens is 5. The maximum atomic E-state index is 6.49. The Morgan fingerprint density at radius 1 is 0.512 bits per heavy atom. The number of hydrogen-bond donors (Lipinski definition) is 0. The smallest absolute Gasteiger partial charge is 0.146 e. The standard InChI is InChI=1S/C35H21N5O/c1-3-13-30-25(10-1)27-11-6-19-37-34(27)39(30)22-8-5-9-23(20-22)41-24-16-17-26-28(21-24)35-38-29-12-2-4-14-31(29)40(35)32-15-7-18-36-33(26)32/h1-21H. The van der Waals surface area contributed by atoms with E-state index in [1.54, 1.807) is 0 Å². The first kappa shape index (κ1) is 22.1. The zero-order valence-corrected chi connectivity index (χ0v) is 21.8. The highest BCUT2D eigenvalue weighted by molar-refractivity contribution is 6.12. The summed E-state index contributed by atoms with van der Waals surface area (Å²) in [5.74, 6) is 1.48. The van der Waals surface area contributed by atoms with Gasteiger partial charge in [-0.2, -0.15) is 0 Å². The van der Waals surface area contributed by atoms with E-state index in [9.17, 15) is 0 Å². The van der Waals surface area contributed by atoms with Gasteiger partial charge in [-0.1, -0.05) is 36.4 Å². The fourth-order valence-corrected chi connectivity index (χ4v) is 6.09. The van der Waals surface area contributed by atoms with Gasteiger partial charge in [-0.25, -0.2) is 9.97 Å². The van der Waals surface area contributed by atoms with Crippen LogP contribution >= 0.6 is 0 Å². The second-order valence-corrected chi connectivity index (χ2v) is 10.2. The van der Waals surface area contributed by atoms with Crippen molar-refractivity contribution in [3.05, 3.63) is 128 Å². The van der Waals surface area contributed by atoms with Gasteiger partial charge in [0, 0.05) is 40.0 Å². The number of ether oxygens (including phenoxy) is 1. The molecule has 0 radical (unpaired) electrons. The summed E-state index contributed by atoms with van der Waals surface area (Å²) in [4.78, 5) is 14.5. The van der Waals surface area contributed by atoms with Crippen molar-refractivity contribution in [2.45, 2.75) is 0 Å². The van der Waals surface area contributed by atoms with Crippen LogP contribution < -0.4 is 4.74 Å². The SMILES string of the molecule is c1cc(Oc2ccc3c(c2)c2nc4ccccc4n2c2cccnc32)cc(-n2c3ccccc3c3cccnc32)c1. The van der Waals surface area contributed by atoms with Crippen LogP contribution in [0.3, 0.4) is 0 Å². The number of fused-ring (bicyclic) bond motifs is 11. The average molecular weight is 528 g/mol. The van der Waals surface area contributed by atoms with Crippen LogP contribution in [-0.4, -0.2) is 23.9 Å². The Balaban J connectivity index is 1.21. The van der Waals surface area contributed by atoms with Crippen LogP contribution in [0.15, 0.2) is 128 Å². The number of rotatable bonds is 3. The fraction of sp³-hybridized carbons (Fsp3) is 0. The van der Waals surface area contributed by atoms with Crippen LogP contribution in [0.2, 0.25) is 0 Å². The molecule has 0 fully saturated rings. The number of hydrogen-bond acceptors (Lipinski definition) is 4. The van der Waals surface area contributed by atoms with Crippen LogP contribution in [-0.2, 0) is 0 Å². The molecule has 5 heterocycles. The van der Waals surface area contributed by atoms with Crippen LogP contribution in [0.4, 0.5) is 0 Å². The summed E-state index contributed by atoms with van der Waals surface area (Å²) >= 11 is 0. The molecule has 192 valence electrons. The van der Waals surface area contributed by atoms with Crippen LogP contribution in [0.25, 0.3) is 66.1 Å². The summed E-state index contributed by atoms with van der Waals surface area (Å²) in [7, 11) is 0. The van der Waals surface area contributed by atoms with E-state index in [0.717, 1.165) is 72.2 Å². The molecule has 0 N–H and O–H groups in total. The van der Waals surface area contributed by atoms with Gasteiger partial charge in [0.05, 0.1) is 33.3 Å². The third-order valence-corrected chi connectivity index (χ3v) is 7.82. The summed E-state index contributed by atoms with van der Waals surface area (Å²) in [5.41, 5.74) is 7.88. The van der Waals surface area contributed by atoms with E-state index < -0.39 is 0 Å². The van der Waals surface area contributed by atoms with Crippen LogP contribution in [0, 0.1) is 0 Å². The topological polar surface area (TPSA) is 57.2 Å². The molecule has 9 rings (SSSR count). The van der Waals surface area contributed by atoms with Crippen molar-refractivity contribution < 1.29 is 4.74 Å². The van der Waals surface area contributed by atoms with Crippen molar-refractivity contribution in [2.75, 3.05) is 0 Å². The molecule has 4 aromatic carbocycles. The molecule has 0 bridgehead atoms. The van der Waals surface area contributed by atoms with Crippen molar-refractivity contribution >= 4 is 60.4 Å². The lowest BCUT2D eigenvalue weighted by Gasteiger charge is -2.12. The maximum absolute atomic E-state index is 6.49. The third-order valence-electron chi connectivity index (χ3n) is 7.82. The molecule has 0 spiro atoms. The highest BCUT2D eigenvalue weighted by Crippen LogP contribution is 2.36. The van der Waals surface area contributed by atoms with Gasteiger partial charge in [-0.15, -0.1) is 0 Å². The number of benzene rings is 4. The molecule has 6 heteroatoms. The number of imidazole rings is 1. The molecule has 0 saturated heterocycles. The van der Waals surface area contributed by atoms with E-state index in [2.05, 4.69) is 75.7 Å². The highest BCUT2D eigenvalue weighted by atomic mass is 16.5. The lowest BCUT2D eigenvalue weighted by atomic mass is 10.1. The molecular formula is C35H21N5O. The molecule has 5 aromatic heterocycles. The third kappa shape index (κ3) is 3.22. The molecule has 0 aliphatic carbocycles. The van der Waals surface area contributed by atoms with E-state index >= 15 is 0 Å². The van der Waals surface area contributed by atoms with E-state index in [1.807, 2.05) is 60.9 Å². The highest BCUT2D eigenvalue weighted by Gasteiger charge is 2.16. The van der Waals surface area contributed by atoms with Gasteiger partial charge in [0.1, 0.15) is 22.8 Å². The van der Waals surface area contributed by atoms with Gasteiger partial charge in [-0.05, 0) is 72.8 Å². The summed E-state index contributed by atoms with van der Waals surface area (Å²) in [6.45, 7) is 0. The van der Waals surface area contributed by atoms with Gasteiger partial charge in [-0.3, -0.25) is 14.0 Å². The summed E-state index contributed by atoms with van der Waals surface area (Å²) in [6, 6.07) is 39.1. The van der Waals surface area contributed by atoms with Crippen molar-refractivity contribution in [3.63, 3.8) is 0 Å². The van der Waals surface area contributed by atoms with Crippen molar-refractivity contribution in [2.24, 2.45) is 0 Å². The Bertz CT molecular complexity index is 2420. The first-order chi connectivity index (χ1) is 20.3. The second kappa shape index (κ2) is 8.37. The van der Waals surface area contributed by atoms with Crippen molar-refractivity contribution in [1.29, 1.82) is 0 Å². The normalized spacial score (nSPS) is 11.9. The maximum Gasteiger partial charge on any atom is 0.146 e.